The molecule has 3 aromatic rings. The van der Waals surface area contributed by atoms with Crippen LogP contribution in [0.25, 0.3) is 0 Å². The molecule has 0 spiro atoms. The summed E-state index contributed by atoms with van der Waals surface area (Å²) < 4.78 is 61.5. The minimum Gasteiger partial charge on any atom is -0.489 e. The Balaban J connectivity index is 1.76. The van der Waals surface area contributed by atoms with Gasteiger partial charge in [0.1, 0.15) is 24.0 Å². The predicted molar refractivity (Wildman–Crippen MR) is 117 cm³/mol. The largest absolute Gasteiger partial charge is 0.489 e. The van der Waals surface area contributed by atoms with Crippen molar-refractivity contribution >= 4 is 16.0 Å². The van der Waals surface area contributed by atoms with Crippen molar-refractivity contribution in [1.82, 2.24) is 5.32 Å². The molecule has 3 rings (SSSR count). The maximum absolute atomic E-state index is 13.8. The van der Waals surface area contributed by atoms with Gasteiger partial charge in [-0.3, -0.25) is 10.1 Å². The van der Waals surface area contributed by atoms with Crippen LogP contribution in [-0.4, -0.2) is 20.6 Å². The van der Waals surface area contributed by atoms with E-state index in [9.17, 15) is 22.0 Å². The van der Waals surface area contributed by atoms with Gasteiger partial charge in [-0.05, 0) is 47.5 Å². The van der Waals surface area contributed by atoms with Gasteiger partial charge in [-0.15, -0.1) is 0 Å². The Bertz CT molecular complexity index is 1240. The number of amides is 1. The molecule has 3 aromatic carbocycles. The van der Waals surface area contributed by atoms with Crippen LogP contribution in [-0.2, 0) is 38.0 Å². The molecule has 1 atom stereocenters. The number of nitrogens with one attached hydrogen (secondary N) is 1. The summed E-state index contributed by atoms with van der Waals surface area (Å²) in [5, 5.41) is 2.71. The summed E-state index contributed by atoms with van der Waals surface area (Å²) in [6, 6.07) is 17.4. The van der Waals surface area contributed by atoms with Crippen molar-refractivity contribution in [3.05, 3.63) is 101 Å². The van der Waals surface area contributed by atoms with Gasteiger partial charge in [-0.2, -0.15) is 8.42 Å². The third kappa shape index (κ3) is 6.58. The van der Waals surface area contributed by atoms with Crippen LogP contribution in [0.15, 0.2) is 72.8 Å². The highest BCUT2D eigenvalue weighted by molar-refractivity contribution is 7.86. The average molecular weight is 477 g/mol. The highest BCUT2D eigenvalue weighted by Crippen LogP contribution is 2.26. The minimum absolute atomic E-state index is 0.0425. The van der Waals surface area contributed by atoms with E-state index in [0.717, 1.165) is 18.4 Å². The average Bonchev–Trinajstić information content (AvgIpc) is 2.75. The fraction of sp³-hybridized carbons (Fsp3) is 0.174. The fourth-order valence-corrected chi connectivity index (χ4v) is 3.80. The molecule has 0 aliphatic carbocycles. The maximum atomic E-state index is 13.8. The zero-order valence-corrected chi connectivity index (χ0v) is 18.4. The van der Waals surface area contributed by atoms with Crippen LogP contribution in [0.3, 0.4) is 0 Å². The first-order valence-electron chi connectivity index (χ1n) is 9.75. The number of benzene rings is 3. The summed E-state index contributed by atoms with van der Waals surface area (Å²) in [4.78, 5) is 12.3. The highest BCUT2D eigenvalue weighted by Gasteiger charge is 2.43. The zero-order chi connectivity index (χ0) is 24.1. The van der Waals surface area contributed by atoms with Crippen molar-refractivity contribution in [2.75, 3.05) is 6.26 Å². The molecule has 0 radical (unpaired) electrons. The number of carbonyl (C=O) groups is 1. The number of nitrogens with two attached hydrogens (primary N) is 1. The summed E-state index contributed by atoms with van der Waals surface area (Å²) in [7, 11) is -4.17. The number of hydrogen-bond donors (Lipinski definition) is 2. The second kappa shape index (κ2) is 10.1. The first-order chi connectivity index (χ1) is 15.6. The highest BCUT2D eigenvalue weighted by atomic mass is 32.2. The van der Waals surface area contributed by atoms with Crippen LogP contribution in [0.2, 0.25) is 0 Å². The summed E-state index contributed by atoms with van der Waals surface area (Å²) in [6.07, 6.45) is 0.760. The number of rotatable bonds is 10. The van der Waals surface area contributed by atoms with Gasteiger partial charge in [-0.1, -0.05) is 36.4 Å². The molecule has 174 valence electrons. The lowest BCUT2D eigenvalue weighted by Gasteiger charge is -2.31. The molecule has 3 N–H and O–H groups in total. The smallest absolute Gasteiger partial charge is 0.271 e. The quantitative estimate of drug-likeness (QED) is 0.344. The van der Waals surface area contributed by atoms with Gasteiger partial charge in [0.15, 0.2) is 0 Å². The molecule has 1 unspecified atom stereocenters. The Labute approximate surface area is 190 Å². The second-order valence-electron chi connectivity index (χ2n) is 7.26. The molecule has 10 heteroatoms. The third-order valence-corrected chi connectivity index (χ3v) is 5.17. The van der Waals surface area contributed by atoms with Crippen molar-refractivity contribution in [3.63, 3.8) is 0 Å². The molecular weight excluding hydrogens is 454 g/mol. The molecule has 0 aliphatic heterocycles. The lowest BCUT2D eigenvalue weighted by molar-refractivity contribution is -0.137. The van der Waals surface area contributed by atoms with Crippen molar-refractivity contribution in [3.8, 4) is 5.75 Å². The standard InChI is InChI=1S/C23H22F2N2O5S/c1-33(29,30)32-23(22(26)28,18-5-3-7-20(25)13-18)27-14-16-8-10-21(11-9-16)31-15-17-4-2-6-19(24)12-17/h2-13,27H,14-15H2,1H3,(H2,26,28). The van der Waals surface area contributed by atoms with Crippen molar-refractivity contribution < 1.29 is 30.9 Å². The van der Waals surface area contributed by atoms with Crippen LogP contribution in [0.5, 0.6) is 5.75 Å². The van der Waals surface area contributed by atoms with Gasteiger partial charge in [0.05, 0.1) is 6.26 Å². The molecule has 0 aliphatic rings. The Hall–Kier alpha value is -3.34. The molecular formula is C23H22F2N2O5S. The molecule has 0 heterocycles. The van der Waals surface area contributed by atoms with E-state index in [1.807, 2.05) is 0 Å². The van der Waals surface area contributed by atoms with Crippen molar-refractivity contribution in [2.45, 2.75) is 18.9 Å². The maximum Gasteiger partial charge on any atom is 0.271 e. The molecule has 33 heavy (non-hydrogen) atoms. The molecule has 7 nitrogen and oxygen atoms in total. The van der Waals surface area contributed by atoms with E-state index < -0.39 is 27.6 Å². The number of hydrogen-bond acceptors (Lipinski definition) is 6. The van der Waals surface area contributed by atoms with E-state index in [1.165, 1.54) is 24.3 Å². The summed E-state index contributed by atoms with van der Waals surface area (Å²) >= 11 is 0. The zero-order valence-electron chi connectivity index (χ0n) is 17.6. The SMILES string of the molecule is CS(=O)(=O)OC(NCc1ccc(OCc2cccc(F)c2)cc1)(C(N)=O)c1cccc(F)c1. The Morgan fingerprint density at radius 2 is 1.61 bits per heavy atom. The van der Waals surface area contributed by atoms with Crippen LogP contribution in [0.1, 0.15) is 16.7 Å². The van der Waals surface area contributed by atoms with E-state index >= 15 is 0 Å². The van der Waals surface area contributed by atoms with E-state index in [0.29, 0.717) is 16.9 Å². The lowest BCUT2D eigenvalue weighted by Crippen LogP contribution is -2.55. The van der Waals surface area contributed by atoms with Gasteiger partial charge in [0.25, 0.3) is 16.0 Å². The number of halogens is 2. The van der Waals surface area contributed by atoms with Crippen LogP contribution < -0.4 is 15.8 Å². The third-order valence-electron chi connectivity index (χ3n) is 4.61. The van der Waals surface area contributed by atoms with Crippen LogP contribution >= 0.6 is 0 Å². The Morgan fingerprint density at radius 3 is 2.18 bits per heavy atom. The molecule has 0 fully saturated rings. The Kier molecular flexibility index (Phi) is 7.42. The normalized spacial score (nSPS) is 13.3. The van der Waals surface area contributed by atoms with Gasteiger partial charge in [-0.25, -0.2) is 13.0 Å². The number of ether oxygens (including phenoxy) is 1. The van der Waals surface area contributed by atoms with Gasteiger partial charge in [0, 0.05) is 12.1 Å². The first kappa shape index (κ1) is 24.3. The monoisotopic (exact) mass is 476 g/mol. The summed E-state index contributed by atoms with van der Waals surface area (Å²) in [5.41, 5.74) is 4.37. The van der Waals surface area contributed by atoms with Crippen molar-refractivity contribution in [2.24, 2.45) is 5.73 Å². The van der Waals surface area contributed by atoms with E-state index in [-0.39, 0.29) is 24.5 Å². The number of carbonyl (C=O) groups excluding carboxylic acids is 1. The predicted octanol–water partition coefficient (Wildman–Crippen LogP) is 2.95. The summed E-state index contributed by atoms with van der Waals surface area (Å²) in [6.45, 7) is 0.126. The molecule has 1 amide bonds. The van der Waals surface area contributed by atoms with E-state index in [1.54, 1.807) is 36.4 Å². The summed E-state index contributed by atoms with van der Waals surface area (Å²) in [5.74, 6) is -1.70. The minimum atomic E-state index is -4.17. The lowest BCUT2D eigenvalue weighted by atomic mass is 10.0. The van der Waals surface area contributed by atoms with Crippen LogP contribution in [0.4, 0.5) is 8.78 Å². The Morgan fingerprint density at radius 1 is 0.970 bits per heavy atom. The second-order valence-corrected chi connectivity index (χ2v) is 8.83. The topological polar surface area (TPSA) is 108 Å². The number of primary amides is 1. The molecule has 0 aromatic heterocycles. The molecule has 0 saturated heterocycles. The van der Waals surface area contributed by atoms with E-state index in [2.05, 4.69) is 5.32 Å². The van der Waals surface area contributed by atoms with Crippen molar-refractivity contribution in [1.29, 1.82) is 0 Å². The molecule has 0 bridgehead atoms. The van der Waals surface area contributed by atoms with Gasteiger partial charge >= 0.3 is 0 Å². The van der Waals surface area contributed by atoms with Gasteiger partial charge < -0.3 is 10.5 Å². The molecule has 0 saturated carbocycles. The van der Waals surface area contributed by atoms with E-state index in [4.69, 9.17) is 14.7 Å². The van der Waals surface area contributed by atoms with Crippen LogP contribution in [0, 0.1) is 11.6 Å². The first-order valence-corrected chi connectivity index (χ1v) is 11.6. The fourth-order valence-electron chi connectivity index (χ4n) is 3.11. The van der Waals surface area contributed by atoms with Gasteiger partial charge in [0.2, 0.25) is 5.72 Å².